The summed E-state index contributed by atoms with van der Waals surface area (Å²) in [6, 6.07) is 9.95. The number of pyridine rings is 1. The second kappa shape index (κ2) is 6.21. The second-order valence-electron chi connectivity index (χ2n) is 4.30. The fraction of sp³-hybridized carbons (Fsp3) is 0.357. The van der Waals surface area contributed by atoms with E-state index in [1.165, 1.54) is 0 Å². The molecule has 0 saturated heterocycles. The van der Waals surface area contributed by atoms with Crippen molar-refractivity contribution in [3.8, 4) is 0 Å². The van der Waals surface area contributed by atoms with Gasteiger partial charge in [0.2, 0.25) is 0 Å². The smallest absolute Gasteiger partial charge is 0.126 e. The van der Waals surface area contributed by atoms with Crippen LogP contribution < -0.4 is 5.32 Å². The van der Waals surface area contributed by atoms with Crippen molar-refractivity contribution in [1.82, 2.24) is 9.88 Å². The molecule has 2 heterocycles. The fourth-order valence-electron chi connectivity index (χ4n) is 1.85. The van der Waals surface area contributed by atoms with Crippen LogP contribution in [0.15, 0.2) is 41.0 Å². The minimum absolute atomic E-state index is 0.792. The molecule has 4 nitrogen and oxygen atoms in total. The zero-order chi connectivity index (χ0) is 12.8. The summed E-state index contributed by atoms with van der Waals surface area (Å²) < 4.78 is 5.33. The Morgan fingerprint density at radius 3 is 2.83 bits per heavy atom. The van der Waals surface area contributed by atoms with E-state index in [0.29, 0.717) is 0 Å². The summed E-state index contributed by atoms with van der Waals surface area (Å²) in [5.74, 6) is 1.90. The van der Waals surface area contributed by atoms with E-state index in [9.17, 15) is 0 Å². The summed E-state index contributed by atoms with van der Waals surface area (Å²) in [7, 11) is 2.06. The Kier molecular flexibility index (Phi) is 4.36. The van der Waals surface area contributed by atoms with Gasteiger partial charge in [-0.3, -0.25) is 4.90 Å². The van der Waals surface area contributed by atoms with Crippen LogP contribution in [0.5, 0.6) is 0 Å². The molecule has 0 aliphatic rings. The number of nitrogens with one attached hydrogen (secondary N) is 1. The SMILES string of the molecule is CCNc1cccc(CN(C)Cc2ccco2)n1. The topological polar surface area (TPSA) is 41.3 Å². The maximum absolute atomic E-state index is 5.33. The van der Waals surface area contributed by atoms with Crippen LogP contribution in [0.3, 0.4) is 0 Å². The molecule has 2 rings (SSSR count). The zero-order valence-electron chi connectivity index (χ0n) is 10.9. The van der Waals surface area contributed by atoms with Gasteiger partial charge in [-0.05, 0) is 38.2 Å². The third-order valence-corrected chi connectivity index (χ3v) is 2.60. The largest absolute Gasteiger partial charge is 0.468 e. The van der Waals surface area contributed by atoms with Crippen LogP contribution in [0.4, 0.5) is 5.82 Å². The van der Waals surface area contributed by atoms with E-state index in [1.54, 1.807) is 6.26 Å². The van der Waals surface area contributed by atoms with E-state index in [-0.39, 0.29) is 0 Å². The number of hydrogen-bond donors (Lipinski definition) is 1. The monoisotopic (exact) mass is 245 g/mol. The standard InChI is InChI=1S/C14H19N3O/c1-3-15-14-8-4-6-12(16-14)10-17(2)11-13-7-5-9-18-13/h4-9H,3,10-11H2,1-2H3,(H,15,16). The predicted octanol–water partition coefficient (Wildman–Crippen LogP) is 2.74. The van der Waals surface area contributed by atoms with E-state index in [1.807, 2.05) is 30.3 Å². The Hall–Kier alpha value is -1.81. The summed E-state index contributed by atoms with van der Waals surface area (Å²) in [6.07, 6.45) is 1.70. The van der Waals surface area contributed by atoms with Gasteiger partial charge in [0.25, 0.3) is 0 Å². The third-order valence-electron chi connectivity index (χ3n) is 2.60. The first-order valence-electron chi connectivity index (χ1n) is 6.18. The van der Waals surface area contributed by atoms with Crippen LogP contribution >= 0.6 is 0 Å². The molecule has 0 fully saturated rings. The van der Waals surface area contributed by atoms with Gasteiger partial charge in [-0.2, -0.15) is 0 Å². The Labute approximate surface area is 108 Å². The molecule has 0 amide bonds. The van der Waals surface area contributed by atoms with E-state index in [4.69, 9.17) is 4.42 Å². The summed E-state index contributed by atoms with van der Waals surface area (Å²) >= 11 is 0. The molecule has 0 bridgehead atoms. The van der Waals surface area contributed by atoms with E-state index >= 15 is 0 Å². The fourth-order valence-corrected chi connectivity index (χ4v) is 1.85. The molecular formula is C14H19N3O. The van der Waals surface area contributed by atoms with Crippen molar-refractivity contribution in [3.63, 3.8) is 0 Å². The molecule has 0 aromatic carbocycles. The minimum Gasteiger partial charge on any atom is -0.468 e. The highest BCUT2D eigenvalue weighted by Gasteiger charge is 2.05. The molecule has 2 aromatic heterocycles. The molecule has 0 aliphatic carbocycles. The van der Waals surface area contributed by atoms with E-state index in [0.717, 1.165) is 36.9 Å². The molecule has 0 saturated carbocycles. The van der Waals surface area contributed by atoms with Crippen molar-refractivity contribution in [2.75, 3.05) is 18.9 Å². The lowest BCUT2D eigenvalue weighted by Crippen LogP contribution is -2.18. The number of anilines is 1. The molecule has 0 atom stereocenters. The minimum atomic E-state index is 0.792. The van der Waals surface area contributed by atoms with Gasteiger partial charge in [0.05, 0.1) is 18.5 Å². The predicted molar refractivity (Wildman–Crippen MR) is 72.3 cm³/mol. The maximum Gasteiger partial charge on any atom is 0.126 e. The highest BCUT2D eigenvalue weighted by molar-refractivity contribution is 5.34. The summed E-state index contributed by atoms with van der Waals surface area (Å²) in [5.41, 5.74) is 1.06. The van der Waals surface area contributed by atoms with Crippen molar-refractivity contribution in [1.29, 1.82) is 0 Å². The van der Waals surface area contributed by atoms with Gasteiger partial charge in [-0.15, -0.1) is 0 Å². The average Bonchev–Trinajstić information content (AvgIpc) is 2.82. The molecule has 0 radical (unpaired) electrons. The molecule has 96 valence electrons. The Morgan fingerprint density at radius 1 is 1.22 bits per heavy atom. The molecule has 4 heteroatoms. The Balaban J connectivity index is 1.93. The van der Waals surface area contributed by atoms with Crippen molar-refractivity contribution >= 4 is 5.82 Å². The summed E-state index contributed by atoms with van der Waals surface area (Å²) in [5, 5.41) is 3.22. The number of hydrogen-bond acceptors (Lipinski definition) is 4. The van der Waals surface area contributed by atoms with Crippen LogP contribution in [0.1, 0.15) is 18.4 Å². The molecule has 0 aliphatic heterocycles. The van der Waals surface area contributed by atoms with E-state index < -0.39 is 0 Å². The maximum atomic E-state index is 5.33. The Morgan fingerprint density at radius 2 is 2.11 bits per heavy atom. The highest BCUT2D eigenvalue weighted by Crippen LogP contribution is 2.09. The van der Waals surface area contributed by atoms with Crippen LogP contribution in [0, 0.1) is 0 Å². The van der Waals surface area contributed by atoms with Crippen LogP contribution in [0.25, 0.3) is 0 Å². The lowest BCUT2D eigenvalue weighted by atomic mass is 10.3. The van der Waals surface area contributed by atoms with Gasteiger partial charge < -0.3 is 9.73 Å². The molecule has 0 unspecified atom stereocenters. The normalized spacial score (nSPS) is 10.8. The van der Waals surface area contributed by atoms with Gasteiger partial charge in [-0.1, -0.05) is 6.07 Å². The zero-order valence-corrected chi connectivity index (χ0v) is 10.9. The summed E-state index contributed by atoms with van der Waals surface area (Å²) in [6.45, 7) is 4.55. The second-order valence-corrected chi connectivity index (χ2v) is 4.30. The first-order valence-corrected chi connectivity index (χ1v) is 6.18. The average molecular weight is 245 g/mol. The van der Waals surface area contributed by atoms with Crippen molar-refractivity contribution < 1.29 is 4.42 Å². The van der Waals surface area contributed by atoms with Gasteiger partial charge in [0, 0.05) is 13.1 Å². The van der Waals surface area contributed by atoms with Crippen molar-refractivity contribution in [3.05, 3.63) is 48.0 Å². The molecule has 2 aromatic rings. The molecule has 1 N–H and O–H groups in total. The van der Waals surface area contributed by atoms with Crippen LogP contribution in [-0.4, -0.2) is 23.5 Å². The third kappa shape index (κ3) is 3.60. The number of furan rings is 1. The van der Waals surface area contributed by atoms with Crippen LogP contribution in [-0.2, 0) is 13.1 Å². The van der Waals surface area contributed by atoms with Crippen molar-refractivity contribution in [2.45, 2.75) is 20.0 Å². The number of nitrogens with zero attached hydrogens (tertiary/aromatic N) is 2. The lowest BCUT2D eigenvalue weighted by Gasteiger charge is -2.15. The van der Waals surface area contributed by atoms with E-state index in [2.05, 4.69) is 29.2 Å². The van der Waals surface area contributed by atoms with Gasteiger partial charge >= 0.3 is 0 Å². The molecular weight excluding hydrogens is 226 g/mol. The van der Waals surface area contributed by atoms with Gasteiger partial charge in [-0.25, -0.2) is 4.98 Å². The quantitative estimate of drug-likeness (QED) is 0.849. The molecule has 18 heavy (non-hydrogen) atoms. The lowest BCUT2D eigenvalue weighted by molar-refractivity contribution is 0.285. The highest BCUT2D eigenvalue weighted by atomic mass is 16.3. The van der Waals surface area contributed by atoms with Crippen molar-refractivity contribution in [2.24, 2.45) is 0 Å². The number of aromatic nitrogens is 1. The van der Waals surface area contributed by atoms with Crippen LogP contribution in [0.2, 0.25) is 0 Å². The summed E-state index contributed by atoms with van der Waals surface area (Å²) in [4.78, 5) is 6.73. The molecule has 0 spiro atoms. The Bertz CT molecular complexity index is 468. The van der Waals surface area contributed by atoms with Gasteiger partial charge in [0.1, 0.15) is 11.6 Å². The van der Waals surface area contributed by atoms with Gasteiger partial charge in [0.15, 0.2) is 0 Å². The number of rotatable bonds is 6. The first-order chi connectivity index (χ1) is 8.78. The first kappa shape index (κ1) is 12.6.